The second-order valence-corrected chi connectivity index (χ2v) is 5.82. The van der Waals surface area contributed by atoms with Crippen LogP contribution in [0.4, 0.5) is 0 Å². The summed E-state index contributed by atoms with van der Waals surface area (Å²) in [5.74, 6) is 1.63. The molecule has 1 N–H and O–H groups in total. The van der Waals surface area contributed by atoms with Crippen molar-refractivity contribution in [3.8, 4) is 0 Å². The minimum absolute atomic E-state index is 0.803. The molecule has 1 nitrogen and oxygen atoms in total. The lowest BCUT2D eigenvalue weighted by molar-refractivity contribution is 0.229. The fourth-order valence-corrected chi connectivity index (χ4v) is 3.31. The summed E-state index contributed by atoms with van der Waals surface area (Å²) >= 11 is 6.28. The van der Waals surface area contributed by atoms with Crippen molar-refractivity contribution in [2.45, 2.75) is 39.0 Å². The Morgan fingerprint density at radius 1 is 1.17 bits per heavy atom. The molecule has 1 aromatic rings. The second kappa shape index (κ2) is 7.16. The standard InChI is InChI=1S/C16H24ClN/c1-2-18-12-15-9-4-3-7-13(15)11-14-8-5-6-10-16(14)17/h5-6,8,10,13,15,18H,2-4,7,9,11-12H2,1H3. The van der Waals surface area contributed by atoms with Crippen LogP contribution >= 0.6 is 11.6 Å². The first-order valence-corrected chi connectivity index (χ1v) is 7.63. The zero-order chi connectivity index (χ0) is 12.8. The lowest BCUT2D eigenvalue weighted by Crippen LogP contribution is -2.31. The fourth-order valence-electron chi connectivity index (χ4n) is 3.10. The van der Waals surface area contributed by atoms with Crippen LogP contribution in [0.1, 0.15) is 38.2 Å². The van der Waals surface area contributed by atoms with E-state index in [1.54, 1.807) is 0 Å². The topological polar surface area (TPSA) is 12.0 Å². The summed E-state index contributed by atoms with van der Waals surface area (Å²) in [6.07, 6.45) is 6.67. The van der Waals surface area contributed by atoms with Gasteiger partial charge in [0.05, 0.1) is 0 Å². The van der Waals surface area contributed by atoms with E-state index < -0.39 is 0 Å². The van der Waals surface area contributed by atoms with Gasteiger partial charge in [-0.25, -0.2) is 0 Å². The van der Waals surface area contributed by atoms with Crippen LogP contribution in [0.25, 0.3) is 0 Å². The summed E-state index contributed by atoms with van der Waals surface area (Å²) in [4.78, 5) is 0. The van der Waals surface area contributed by atoms with E-state index in [0.717, 1.165) is 29.8 Å². The Hall–Kier alpha value is -0.530. The third-order valence-electron chi connectivity index (χ3n) is 4.16. The summed E-state index contributed by atoms with van der Waals surface area (Å²) < 4.78 is 0. The molecule has 2 heteroatoms. The molecule has 0 aromatic heterocycles. The van der Waals surface area contributed by atoms with Gasteiger partial charge in [-0.1, -0.05) is 49.6 Å². The molecule has 1 fully saturated rings. The molecule has 18 heavy (non-hydrogen) atoms. The van der Waals surface area contributed by atoms with E-state index in [4.69, 9.17) is 11.6 Å². The van der Waals surface area contributed by atoms with Crippen LogP contribution < -0.4 is 5.32 Å². The summed E-state index contributed by atoms with van der Waals surface area (Å²) in [7, 11) is 0. The van der Waals surface area contributed by atoms with E-state index >= 15 is 0 Å². The molecule has 1 aliphatic carbocycles. The smallest absolute Gasteiger partial charge is 0.0438 e. The van der Waals surface area contributed by atoms with Gasteiger partial charge in [-0.05, 0) is 55.8 Å². The summed E-state index contributed by atoms with van der Waals surface area (Å²) in [6, 6.07) is 8.31. The molecule has 0 saturated heterocycles. The highest BCUT2D eigenvalue weighted by molar-refractivity contribution is 6.31. The lowest BCUT2D eigenvalue weighted by atomic mass is 9.76. The lowest BCUT2D eigenvalue weighted by Gasteiger charge is -2.32. The number of nitrogens with one attached hydrogen (secondary N) is 1. The first-order valence-electron chi connectivity index (χ1n) is 7.25. The maximum Gasteiger partial charge on any atom is 0.0438 e. The molecule has 2 unspecified atom stereocenters. The monoisotopic (exact) mass is 265 g/mol. The molecule has 2 atom stereocenters. The van der Waals surface area contributed by atoms with Crippen molar-refractivity contribution < 1.29 is 0 Å². The Kier molecular flexibility index (Phi) is 5.52. The molecule has 0 radical (unpaired) electrons. The van der Waals surface area contributed by atoms with Gasteiger partial charge in [-0.15, -0.1) is 0 Å². The quantitative estimate of drug-likeness (QED) is 0.837. The van der Waals surface area contributed by atoms with Gasteiger partial charge in [0.15, 0.2) is 0 Å². The van der Waals surface area contributed by atoms with Crippen LogP contribution in [0.2, 0.25) is 5.02 Å². The number of hydrogen-bond donors (Lipinski definition) is 1. The van der Waals surface area contributed by atoms with Crippen LogP contribution in [-0.2, 0) is 6.42 Å². The third-order valence-corrected chi connectivity index (χ3v) is 4.53. The van der Waals surface area contributed by atoms with Crippen molar-refractivity contribution in [2.24, 2.45) is 11.8 Å². The third kappa shape index (κ3) is 3.73. The van der Waals surface area contributed by atoms with Gasteiger partial charge >= 0.3 is 0 Å². The minimum Gasteiger partial charge on any atom is -0.317 e. The number of halogens is 1. The molecule has 0 heterocycles. The van der Waals surface area contributed by atoms with Crippen LogP contribution in [0.5, 0.6) is 0 Å². The molecular weight excluding hydrogens is 242 g/mol. The van der Waals surface area contributed by atoms with E-state index in [-0.39, 0.29) is 0 Å². The number of hydrogen-bond acceptors (Lipinski definition) is 1. The first kappa shape index (κ1) is 13.9. The fraction of sp³-hybridized carbons (Fsp3) is 0.625. The SMILES string of the molecule is CCNCC1CCCCC1Cc1ccccc1Cl. The van der Waals surface area contributed by atoms with Gasteiger partial charge in [-0.2, -0.15) is 0 Å². The molecule has 0 aliphatic heterocycles. The van der Waals surface area contributed by atoms with Gasteiger partial charge in [-0.3, -0.25) is 0 Å². The largest absolute Gasteiger partial charge is 0.317 e. The maximum absolute atomic E-state index is 6.28. The maximum atomic E-state index is 6.28. The Morgan fingerprint density at radius 2 is 1.89 bits per heavy atom. The Bertz CT molecular complexity index is 364. The van der Waals surface area contributed by atoms with Crippen molar-refractivity contribution in [1.29, 1.82) is 0 Å². The second-order valence-electron chi connectivity index (χ2n) is 5.41. The van der Waals surface area contributed by atoms with Crippen LogP contribution in [0.3, 0.4) is 0 Å². The van der Waals surface area contributed by atoms with Crippen molar-refractivity contribution >= 4 is 11.6 Å². The van der Waals surface area contributed by atoms with Crippen molar-refractivity contribution in [3.63, 3.8) is 0 Å². The summed E-state index contributed by atoms with van der Waals surface area (Å²) in [5.41, 5.74) is 1.33. The average Bonchev–Trinajstić information content (AvgIpc) is 2.40. The minimum atomic E-state index is 0.803. The Balaban J connectivity index is 1.98. The first-order chi connectivity index (χ1) is 8.81. The molecule has 2 rings (SSSR count). The van der Waals surface area contributed by atoms with E-state index in [2.05, 4.69) is 24.4 Å². The summed E-state index contributed by atoms with van der Waals surface area (Å²) in [6.45, 7) is 4.44. The van der Waals surface area contributed by atoms with Gasteiger partial charge in [0.1, 0.15) is 0 Å². The predicted molar refractivity (Wildman–Crippen MR) is 79.1 cm³/mol. The van der Waals surface area contributed by atoms with E-state index in [1.165, 1.54) is 37.8 Å². The molecular formula is C16H24ClN. The van der Waals surface area contributed by atoms with E-state index in [1.807, 2.05) is 12.1 Å². The molecule has 1 aromatic carbocycles. The highest BCUT2D eigenvalue weighted by Gasteiger charge is 2.25. The van der Waals surface area contributed by atoms with Crippen LogP contribution in [0.15, 0.2) is 24.3 Å². The summed E-state index contributed by atoms with van der Waals surface area (Å²) in [5, 5.41) is 4.45. The normalized spacial score (nSPS) is 24.1. The van der Waals surface area contributed by atoms with Crippen molar-refractivity contribution in [1.82, 2.24) is 5.32 Å². The van der Waals surface area contributed by atoms with Crippen molar-refractivity contribution in [3.05, 3.63) is 34.9 Å². The zero-order valence-electron chi connectivity index (χ0n) is 11.3. The van der Waals surface area contributed by atoms with E-state index in [0.29, 0.717) is 0 Å². The van der Waals surface area contributed by atoms with Gasteiger partial charge < -0.3 is 5.32 Å². The highest BCUT2D eigenvalue weighted by Crippen LogP contribution is 2.33. The molecule has 1 saturated carbocycles. The number of rotatable bonds is 5. The Labute approximate surface area is 116 Å². The van der Waals surface area contributed by atoms with Crippen molar-refractivity contribution in [2.75, 3.05) is 13.1 Å². The van der Waals surface area contributed by atoms with Gasteiger partial charge in [0.25, 0.3) is 0 Å². The Morgan fingerprint density at radius 3 is 2.61 bits per heavy atom. The molecule has 100 valence electrons. The molecule has 0 bridgehead atoms. The van der Waals surface area contributed by atoms with Crippen LogP contribution in [-0.4, -0.2) is 13.1 Å². The molecule has 0 spiro atoms. The predicted octanol–water partition coefficient (Wildman–Crippen LogP) is 4.30. The molecule has 1 aliphatic rings. The number of benzene rings is 1. The van der Waals surface area contributed by atoms with Gasteiger partial charge in [0, 0.05) is 5.02 Å². The highest BCUT2D eigenvalue weighted by atomic mass is 35.5. The van der Waals surface area contributed by atoms with Crippen LogP contribution in [0, 0.1) is 11.8 Å². The van der Waals surface area contributed by atoms with Gasteiger partial charge in [0.2, 0.25) is 0 Å². The molecule has 0 amide bonds. The van der Waals surface area contributed by atoms with E-state index in [9.17, 15) is 0 Å². The average molecular weight is 266 g/mol. The zero-order valence-corrected chi connectivity index (χ0v) is 12.0.